The van der Waals surface area contributed by atoms with Gasteiger partial charge < -0.3 is 9.67 Å². The normalized spacial score (nSPS) is 23.2. The van der Waals surface area contributed by atoms with Crippen LogP contribution in [0.25, 0.3) is 0 Å². The van der Waals surface area contributed by atoms with Crippen LogP contribution >= 0.6 is 0 Å². The van der Waals surface area contributed by atoms with Gasteiger partial charge in [0.2, 0.25) is 0 Å². The van der Waals surface area contributed by atoms with Gasteiger partial charge in [-0.15, -0.1) is 0 Å². The van der Waals surface area contributed by atoms with Crippen molar-refractivity contribution in [1.82, 2.24) is 9.47 Å². The monoisotopic (exact) mass is 208 g/mol. The van der Waals surface area contributed by atoms with E-state index in [4.69, 9.17) is 5.11 Å². The topological polar surface area (TPSA) is 28.4 Å². The van der Waals surface area contributed by atoms with Crippen LogP contribution in [-0.2, 0) is 13.6 Å². The molecule has 1 aromatic heterocycles. The third kappa shape index (κ3) is 2.61. The van der Waals surface area contributed by atoms with Crippen LogP contribution < -0.4 is 0 Å². The van der Waals surface area contributed by atoms with Gasteiger partial charge in [0.15, 0.2) is 0 Å². The number of aryl methyl sites for hydroxylation is 1. The second-order valence-electron chi connectivity index (χ2n) is 4.54. The molecule has 1 aliphatic heterocycles. The molecule has 0 bridgehead atoms. The summed E-state index contributed by atoms with van der Waals surface area (Å²) in [6.45, 7) is 3.56. The Kier molecular flexibility index (Phi) is 3.44. The molecule has 0 aliphatic carbocycles. The number of likely N-dealkylation sites (tertiary alicyclic amines) is 1. The second-order valence-corrected chi connectivity index (χ2v) is 4.54. The third-order valence-corrected chi connectivity index (χ3v) is 3.30. The number of hydrogen-bond acceptors (Lipinski definition) is 2. The quantitative estimate of drug-likeness (QED) is 0.809. The van der Waals surface area contributed by atoms with Gasteiger partial charge in [-0.25, -0.2) is 0 Å². The van der Waals surface area contributed by atoms with Crippen LogP contribution in [0.5, 0.6) is 0 Å². The van der Waals surface area contributed by atoms with Gasteiger partial charge in [-0.3, -0.25) is 4.90 Å². The Morgan fingerprint density at radius 1 is 1.53 bits per heavy atom. The maximum absolute atomic E-state index is 9.16. The molecule has 15 heavy (non-hydrogen) atoms. The summed E-state index contributed by atoms with van der Waals surface area (Å²) in [5, 5.41) is 9.16. The molecule has 84 valence electrons. The van der Waals surface area contributed by atoms with Crippen molar-refractivity contribution in [2.75, 3.05) is 19.7 Å². The van der Waals surface area contributed by atoms with E-state index < -0.39 is 0 Å². The predicted octanol–water partition coefficient (Wildman–Crippen LogP) is 1.23. The number of nitrogens with zero attached hydrogens (tertiary/aromatic N) is 2. The van der Waals surface area contributed by atoms with Crippen LogP contribution in [0.3, 0.4) is 0 Å². The van der Waals surface area contributed by atoms with E-state index in [2.05, 4.69) is 34.8 Å². The third-order valence-electron chi connectivity index (χ3n) is 3.30. The minimum Gasteiger partial charge on any atom is -0.396 e. The largest absolute Gasteiger partial charge is 0.396 e. The van der Waals surface area contributed by atoms with Crippen molar-refractivity contribution in [3.8, 4) is 0 Å². The molecule has 2 heterocycles. The molecule has 1 atom stereocenters. The molecule has 0 spiro atoms. The molecule has 0 radical (unpaired) electrons. The smallest absolute Gasteiger partial charge is 0.0471 e. The van der Waals surface area contributed by atoms with Gasteiger partial charge in [0.25, 0.3) is 0 Å². The van der Waals surface area contributed by atoms with Gasteiger partial charge in [0, 0.05) is 38.6 Å². The minimum atomic E-state index is 0.337. The fourth-order valence-electron chi connectivity index (χ4n) is 2.33. The molecule has 0 aromatic carbocycles. The first-order valence-corrected chi connectivity index (χ1v) is 5.73. The molecule has 0 unspecified atom stereocenters. The van der Waals surface area contributed by atoms with Crippen LogP contribution in [-0.4, -0.2) is 34.3 Å². The lowest BCUT2D eigenvalue weighted by Crippen LogP contribution is -2.36. The first kappa shape index (κ1) is 10.7. The Labute approximate surface area is 91.3 Å². The Balaban J connectivity index is 1.92. The highest BCUT2D eigenvalue weighted by atomic mass is 16.3. The summed E-state index contributed by atoms with van der Waals surface area (Å²) < 4.78 is 2.17. The highest BCUT2D eigenvalue weighted by Crippen LogP contribution is 2.17. The first-order valence-electron chi connectivity index (χ1n) is 5.73. The summed E-state index contributed by atoms with van der Waals surface area (Å²) in [6.07, 6.45) is 4.48. The molecular weight excluding hydrogens is 188 g/mol. The zero-order valence-corrected chi connectivity index (χ0v) is 9.39. The maximum atomic E-state index is 9.16. The van der Waals surface area contributed by atoms with Gasteiger partial charge >= 0.3 is 0 Å². The molecule has 1 aliphatic rings. The van der Waals surface area contributed by atoms with Crippen molar-refractivity contribution in [2.24, 2.45) is 13.0 Å². The second kappa shape index (κ2) is 4.81. The van der Waals surface area contributed by atoms with Gasteiger partial charge in [-0.05, 0) is 37.4 Å². The van der Waals surface area contributed by atoms with Crippen molar-refractivity contribution >= 4 is 0 Å². The van der Waals surface area contributed by atoms with Gasteiger partial charge in [-0.2, -0.15) is 0 Å². The van der Waals surface area contributed by atoms with E-state index in [1.54, 1.807) is 0 Å². The van der Waals surface area contributed by atoms with E-state index in [0.29, 0.717) is 12.5 Å². The molecular formula is C12H20N2O. The van der Waals surface area contributed by atoms with Crippen LogP contribution in [0, 0.1) is 5.92 Å². The van der Waals surface area contributed by atoms with Crippen LogP contribution in [0.4, 0.5) is 0 Å². The van der Waals surface area contributed by atoms with Crippen molar-refractivity contribution in [1.29, 1.82) is 0 Å². The average Bonchev–Trinajstić information content (AvgIpc) is 2.65. The van der Waals surface area contributed by atoms with Crippen molar-refractivity contribution in [3.63, 3.8) is 0 Å². The number of aliphatic hydroxyl groups is 1. The van der Waals surface area contributed by atoms with E-state index in [9.17, 15) is 0 Å². The number of rotatable bonds is 3. The van der Waals surface area contributed by atoms with E-state index >= 15 is 0 Å². The molecule has 1 fully saturated rings. The highest BCUT2D eigenvalue weighted by molar-refractivity contribution is 5.06. The molecule has 2 rings (SSSR count). The molecule has 0 saturated carbocycles. The van der Waals surface area contributed by atoms with E-state index in [0.717, 1.165) is 13.1 Å². The van der Waals surface area contributed by atoms with Gasteiger partial charge in [-0.1, -0.05) is 0 Å². The summed E-state index contributed by atoms with van der Waals surface area (Å²) >= 11 is 0. The van der Waals surface area contributed by atoms with Crippen molar-refractivity contribution in [2.45, 2.75) is 19.4 Å². The van der Waals surface area contributed by atoms with E-state index in [-0.39, 0.29) is 0 Å². The lowest BCUT2D eigenvalue weighted by atomic mass is 9.99. The zero-order chi connectivity index (χ0) is 10.7. The fourth-order valence-corrected chi connectivity index (χ4v) is 2.33. The molecule has 3 nitrogen and oxygen atoms in total. The van der Waals surface area contributed by atoms with E-state index in [1.807, 2.05) is 0 Å². The Morgan fingerprint density at radius 2 is 2.40 bits per heavy atom. The Morgan fingerprint density at radius 3 is 3.07 bits per heavy atom. The SMILES string of the molecule is Cn1cccc1CN1CCC[C@H](CO)C1. The van der Waals surface area contributed by atoms with Gasteiger partial charge in [0.05, 0.1) is 0 Å². The standard InChI is InChI=1S/C12H20N2O/c1-13-6-3-5-12(13)9-14-7-2-4-11(8-14)10-15/h3,5-6,11,15H,2,4,7-10H2,1H3/t11-/m0/s1. The zero-order valence-electron chi connectivity index (χ0n) is 9.39. The molecule has 3 heteroatoms. The number of piperidine rings is 1. The molecule has 1 aromatic rings. The summed E-state index contributed by atoms with van der Waals surface area (Å²) in [7, 11) is 2.09. The predicted molar refractivity (Wildman–Crippen MR) is 60.5 cm³/mol. The van der Waals surface area contributed by atoms with Crippen LogP contribution in [0.1, 0.15) is 18.5 Å². The fraction of sp³-hybridized carbons (Fsp3) is 0.667. The first-order chi connectivity index (χ1) is 7.29. The Hall–Kier alpha value is -0.800. The minimum absolute atomic E-state index is 0.337. The van der Waals surface area contributed by atoms with Crippen molar-refractivity contribution in [3.05, 3.63) is 24.0 Å². The lowest BCUT2D eigenvalue weighted by Gasteiger charge is -2.31. The highest BCUT2D eigenvalue weighted by Gasteiger charge is 2.19. The van der Waals surface area contributed by atoms with Crippen molar-refractivity contribution < 1.29 is 5.11 Å². The summed E-state index contributed by atoms with van der Waals surface area (Å²) in [6, 6.07) is 4.26. The number of aliphatic hydroxyl groups excluding tert-OH is 1. The van der Waals surface area contributed by atoms with Crippen LogP contribution in [0.2, 0.25) is 0 Å². The number of hydrogen-bond donors (Lipinski definition) is 1. The van der Waals surface area contributed by atoms with E-state index in [1.165, 1.54) is 25.1 Å². The molecule has 0 amide bonds. The summed E-state index contributed by atoms with van der Waals surface area (Å²) in [4.78, 5) is 2.44. The average molecular weight is 208 g/mol. The number of aromatic nitrogens is 1. The maximum Gasteiger partial charge on any atom is 0.0471 e. The molecule has 1 saturated heterocycles. The summed E-state index contributed by atoms with van der Waals surface area (Å²) in [5.74, 6) is 0.485. The lowest BCUT2D eigenvalue weighted by molar-refractivity contribution is 0.114. The Bertz CT molecular complexity index is 308. The molecule has 1 N–H and O–H groups in total. The van der Waals surface area contributed by atoms with Gasteiger partial charge in [0.1, 0.15) is 0 Å². The van der Waals surface area contributed by atoms with Crippen LogP contribution in [0.15, 0.2) is 18.3 Å². The summed E-state index contributed by atoms with van der Waals surface area (Å²) in [5.41, 5.74) is 1.36.